The van der Waals surface area contributed by atoms with E-state index in [1.165, 1.54) is 22.9 Å². The van der Waals surface area contributed by atoms with Crippen molar-refractivity contribution >= 4 is 27.4 Å². The molecule has 0 aliphatic carbocycles. The molecular weight excluding hydrogens is 218 g/mol. The van der Waals surface area contributed by atoms with Gasteiger partial charge in [0, 0.05) is 24.5 Å². The number of fused-ring (bicyclic) bond motifs is 1. The lowest BCUT2D eigenvalue weighted by Crippen LogP contribution is -2.35. The molecular formula is C12H15N3S. The maximum absolute atomic E-state index is 5.81. The largest absolute Gasteiger partial charge is 0.351 e. The highest BCUT2D eigenvalue weighted by molar-refractivity contribution is 7.13. The van der Waals surface area contributed by atoms with Gasteiger partial charge in [0.1, 0.15) is 5.82 Å². The van der Waals surface area contributed by atoms with E-state index in [-0.39, 0.29) is 0 Å². The van der Waals surface area contributed by atoms with Crippen LogP contribution >= 0.6 is 11.5 Å². The first kappa shape index (κ1) is 10.1. The molecule has 2 heterocycles. The Morgan fingerprint density at radius 3 is 3.19 bits per heavy atom. The molecule has 1 aliphatic heterocycles. The molecule has 2 aromatic rings. The Labute approximate surface area is 99.0 Å². The molecule has 4 heteroatoms. The maximum Gasteiger partial charge on any atom is 0.150 e. The Morgan fingerprint density at radius 1 is 1.44 bits per heavy atom. The second-order valence-corrected chi connectivity index (χ2v) is 5.03. The van der Waals surface area contributed by atoms with Crippen LogP contribution in [-0.2, 0) is 0 Å². The van der Waals surface area contributed by atoms with Crippen LogP contribution in [0.25, 0.3) is 10.1 Å². The predicted molar refractivity (Wildman–Crippen MR) is 69.0 cm³/mol. The van der Waals surface area contributed by atoms with Gasteiger partial charge in [-0.1, -0.05) is 12.1 Å². The summed E-state index contributed by atoms with van der Waals surface area (Å²) in [6.07, 6.45) is 2.43. The second kappa shape index (κ2) is 4.03. The number of aromatic nitrogens is 1. The highest BCUT2D eigenvalue weighted by Gasteiger charge is 2.26. The molecule has 84 valence electrons. The van der Waals surface area contributed by atoms with Gasteiger partial charge in [0.2, 0.25) is 0 Å². The lowest BCUT2D eigenvalue weighted by molar-refractivity contribution is 0.675. The van der Waals surface area contributed by atoms with Crippen LogP contribution in [0, 0.1) is 0 Å². The van der Waals surface area contributed by atoms with Crippen LogP contribution < -0.4 is 10.6 Å². The summed E-state index contributed by atoms with van der Waals surface area (Å²) < 4.78 is 5.85. The smallest absolute Gasteiger partial charge is 0.150 e. The average Bonchev–Trinajstić information content (AvgIpc) is 2.94. The SMILES string of the molecule is NC[C@@H]1CCCN1c1nsc2ccccc12. The van der Waals surface area contributed by atoms with Crippen molar-refractivity contribution in [2.75, 3.05) is 18.0 Å². The minimum Gasteiger partial charge on any atom is -0.351 e. The van der Waals surface area contributed by atoms with Crippen LogP contribution in [0.3, 0.4) is 0 Å². The van der Waals surface area contributed by atoms with Gasteiger partial charge in [0.25, 0.3) is 0 Å². The van der Waals surface area contributed by atoms with E-state index >= 15 is 0 Å². The summed E-state index contributed by atoms with van der Waals surface area (Å²) in [5.41, 5.74) is 5.81. The minimum atomic E-state index is 0.477. The predicted octanol–water partition coefficient (Wildman–Crippen LogP) is 2.22. The molecule has 1 aliphatic rings. The summed E-state index contributed by atoms with van der Waals surface area (Å²) >= 11 is 1.58. The monoisotopic (exact) mass is 233 g/mol. The molecule has 2 N–H and O–H groups in total. The number of benzene rings is 1. The molecule has 0 spiro atoms. The van der Waals surface area contributed by atoms with E-state index in [1.54, 1.807) is 11.5 Å². The highest BCUT2D eigenvalue weighted by atomic mass is 32.1. The van der Waals surface area contributed by atoms with E-state index in [0.717, 1.165) is 18.9 Å². The zero-order valence-corrected chi connectivity index (χ0v) is 9.91. The lowest BCUT2D eigenvalue weighted by Gasteiger charge is -2.23. The summed E-state index contributed by atoms with van der Waals surface area (Å²) in [7, 11) is 0. The number of hydrogen-bond donors (Lipinski definition) is 1. The summed E-state index contributed by atoms with van der Waals surface area (Å²) in [6, 6.07) is 8.90. The zero-order chi connectivity index (χ0) is 11.0. The van der Waals surface area contributed by atoms with Crippen LogP contribution in [0.1, 0.15) is 12.8 Å². The van der Waals surface area contributed by atoms with Gasteiger partial charge in [-0.15, -0.1) is 0 Å². The van der Waals surface area contributed by atoms with Crippen LogP contribution in [0.4, 0.5) is 5.82 Å². The van der Waals surface area contributed by atoms with Gasteiger partial charge < -0.3 is 10.6 Å². The molecule has 3 rings (SSSR count). The number of hydrogen-bond acceptors (Lipinski definition) is 4. The molecule has 1 aromatic carbocycles. The minimum absolute atomic E-state index is 0.477. The fourth-order valence-corrected chi connectivity index (χ4v) is 3.22. The van der Waals surface area contributed by atoms with E-state index in [9.17, 15) is 0 Å². The fraction of sp³-hybridized carbons (Fsp3) is 0.417. The van der Waals surface area contributed by atoms with Gasteiger partial charge in [-0.25, -0.2) is 0 Å². The third-order valence-electron chi connectivity index (χ3n) is 3.28. The Kier molecular flexibility index (Phi) is 2.53. The molecule has 3 nitrogen and oxygen atoms in total. The van der Waals surface area contributed by atoms with Crippen molar-refractivity contribution in [3.8, 4) is 0 Å². The molecule has 0 amide bonds. The molecule has 1 aromatic heterocycles. The third kappa shape index (κ3) is 1.49. The van der Waals surface area contributed by atoms with E-state index < -0.39 is 0 Å². The average molecular weight is 233 g/mol. The summed E-state index contributed by atoms with van der Waals surface area (Å²) in [4.78, 5) is 2.37. The molecule has 1 atom stereocenters. The van der Waals surface area contributed by atoms with Crippen molar-refractivity contribution in [1.29, 1.82) is 0 Å². The lowest BCUT2D eigenvalue weighted by atomic mass is 10.2. The quantitative estimate of drug-likeness (QED) is 0.865. The molecule has 0 unspecified atom stereocenters. The van der Waals surface area contributed by atoms with E-state index in [2.05, 4.69) is 33.5 Å². The fourth-order valence-electron chi connectivity index (χ4n) is 2.44. The Morgan fingerprint density at radius 2 is 2.31 bits per heavy atom. The van der Waals surface area contributed by atoms with Crippen molar-refractivity contribution in [3.05, 3.63) is 24.3 Å². The number of anilines is 1. The van der Waals surface area contributed by atoms with Gasteiger partial charge in [0.05, 0.1) is 4.70 Å². The van der Waals surface area contributed by atoms with Crippen molar-refractivity contribution in [2.24, 2.45) is 5.73 Å². The van der Waals surface area contributed by atoms with Crippen LogP contribution in [0.2, 0.25) is 0 Å². The summed E-state index contributed by atoms with van der Waals surface area (Å²) in [5.74, 6) is 1.13. The molecule has 0 bridgehead atoms. The maximum atomic E-state index is 5.81. The first-order valence-corrected chi connectivity index (χ1v) is 6.48. The number of nitrogens with two attached hydrogens (primary N) is 1. The second-order valence-electron chi connectivity index (χ2n) is 4.23. The van der Waals surface area contributed by atoms with Gasteiger partial charge in [-0.05, 0) is 36.5 Å². The van der Waals surface area contributed by atoms with Gasteiger partial charge in [-0.2, -0.15) is 4.37 Å². The molecule has 16 heavy (non-hydrogen) atoms. The van der Waals surface area contributed by atoms with Crippen LogP contribution in [-0.4, -0.2) is 23.5 Å². The van der Waals surface area contributed by atoms with Crippen molar-refractivity contribution in [1.82, 2.24) is 4.37 Å². The normalized spacial score (nSPS) is 20.8. The van der Waals surface area contributed by atoms with Gasteiger partial charge in [-0.3, -0.25) is 0 Å². The number of nitrogens with zero attached hydrogens (tertiary/aromatic N) is 2. The van der Waals surface area contributed by atoms with Crippen LogP contribution in [0.5, 0.6) is 0 Å². The Balaban J connectivity index is 2.05. The standard InChI is InChI=1S/C12H15N3S/c13-8-9-4-3-7-15(9)12-10-5-1-2-6-11(10)16-14-12/h1-2,5-6,9H,3-4,7-8,13H2/t9-/m0/s1. The van der Waals surface area contributed by atoms with E-state index in [4.69, 9.17) is 5.73 Å². The van der Waals surface area contributed by atoms with Crippen molar-refractivity contribution in [3.63, 3.8) is 0 Å². The first-order valence-electron chi connectivity index (χ1n) is 5.71. The highest BCUT2D eigenvalue weighted by Crippen LogP contribution is 2.33. The Bertz CT molecular complexity index is 494. The van der Waals surface area contributed by atoms with Crippen molar-refractivity contribution < 1.29 is 0 Å². The zero-order valence-electron chi connectivity index (χ0n) is 9.10. The molecule has 0 saturated carbocycles. The molecule has 1 fully saturated rings. The molecule has 1 saturated heterocycles. The van der Waals surface area contributed by atoms with E-state index in [1.807, 2.05) is 0 Å². The van der Waals surface area contributed by atoms with Crippen LogP contribution in [0.15, 0.2) is 24.3 Å². The topological polar surface area (TPSA) is 42.1 Å². The summed E-state index contributed by atoms with van der Waals surface area (Å²) in [6.45, 7) is 1.82. The Hall–Kier alpha value is -1.13. The first-order chi connectivity index (χ1) is 7.90. The third-order valence-corrected chi connectivity index (χ3v) is 4.10. The van der Waals surface area contributed by atoms with E-state index in [0.29, 0.717) is 6.04 Å². The van der Waals surface area contributed by atoms with Gasteiger partial charge >= 0.3 is 0 Å². The van der Waals surface area contributed by atoms with Crippen molar-refractivity contribution in [2.45, 2.75) is 18.9 Å². The summed E-state index contributed by atoms with van der Waals surface area (Å²) in [5, 5.41) is 1.27. The molecule has 0 radical (unpaired) electrons. The van der Waals surface area contributed by atoms with Gasteiger partial charge in [0.15, 0.2) is 0 Å². The number of rotatable bonds is 2.